The summed E-state index contributed by atoms with van der Waals surface area (Å²) in [4.78, 5) is 48.8. The number of hydrogen-bond donors (Lipinski definition) is 2. The number of allylic oxidation sites excluding steroid dienone is 18. The molecule has 0 radical (unpaired) electrons. The molecular formula is C70H119O11P. The number of phosphoric ester groups is 1. The van der Waals surface area contributed by atoms with Crippen LogP contribution < -0.4 is 0 Å². The van der Waals surface area contributed by atoms with E-state index in [1.54, 1.807) is 0 Å². The second kappa shape index (κ2) is 63.2. The molecule has 0 aromatic heterocycles. The van der Waals surface area contributed by atoms with Crippen LogP contribution in [0.1, 0.15) is 278 Å². The summed E-state index contributed by atoms with van der Waals surface area (Å²) in [7, 11) is -4.77. The zero-order chi connectivity index (χ0) is 59.8. The fourth-order valence-corrected chi connectivity index (χ4v) is 9.53. The summed E-state index contributed by atoms with van der Waals surface area (Å²) in [6, 6.07) is 0. The molecule has 0 aliphatic heterocycles. The fourth-order valence-electron chi connectivity index (χ4n) is 8.75. The van der Waals surface area contributed by atoms with Gasteiger partial charge in [0.05, 0.1) is 19.8 Å². The van der Waals surface area contributed by atoms with Crippen LogP contribution in [0.3, 0.4) is 0 Å². The quantitative estimate of drug-likeness (QED) is 0.0197. The van der Waals surface area contributed by atoms with Crippen LogP contribution in [-0.2, 0) is 42.2 Å². The lowest BCUT2D eigenvalue weighted by Gasteiger charge is -2.21. The molecule has 0 amide bonds. The fraction of sp³-hybridized carbons (Fsp3) is 0.700. The summed E-state index contributed by atoms with van der Waals surface area (Å²) in [6.07, 6.45) is 77.5. The van der Waals surface area contributed by atoms with Gasteiger partial charge in [-0.1, -0.05) is 246 Å². The molecule has 0 saturated carbocycles. The number of hydrogen-bond acceptors (Lipinski definition) is 10. The van der Waals surface area contributed by atoms with Gasteiger partial charge in [0, 0.05) is 19.3 Å². The molecule has 0 spiro atoms. The number of carbonyl (C=O) groups excluding carboxylic acids is 3. The Morgan fingerprint density at radius 1 is 0.354 bits per heavy atom. The summed E-state index contributed by atoms with van der Waals surface area (Å²) in [5, 5.41) is 9.86. The smallest absolute Gasteiger partial charge is 0.462 e. The van der Waals surface area contributed by atoms with Crippen LogP contribution >= 0.6 is 7.82 Å². The van der Waals surface area contributed by atoms with Crippen molar-refractivity contribution >= 4 is 25.7 Å². The van der Waals surface area contributed by atoms with Crippen LogP contribution in [0, 0.1) is 0 Å². The van der Waals surface area contributed by atoms with E-state index in [2.05, 4.69) is 130 Å². The molecule has 0 aromatic carbocycles. The summed E-state index contributed by atoms with van der Waals surface area (Å²) < 4.78 is 39.7. The van der Waals surface area contributed by atoms with Crippen LogP contribution in [0.2, 0.25) is 0 Å². The van der Waals surface area contributed by atoms with Crippen molar-refractivity contribution in [2.45, 2.75) is 290 Å². The normalized spacial score (nSPS) is 14.0. The summed E-state index contributed by atoms with van der Waals surface area (Å²) >= 11 is 0. The molecule has 0 heterocycles. The Bertz CT molecular complexity index is 1790. The van der Waals surface area contributed by atoms with Crippen molar-refractivity contribution in [1.82, 2.24) is 0 Å². The molecule has 3 atom stereocenters. The molecular weight excluding hydrogens is 1050 g/mol. The minimum absolute atomic E-state index is 0.153. The average Bonchev–Trinajstić information content (AvgIpc) is 3.47. The number of unbranched alkanes of at least 4 members (excludes halogenated alkanes) is 25. The number of ether oxygens (including phenoxy) is 3. The van der Waals surface area contributed by atoms with Crippen molar-refractivity contribution in [3.8, 4) is 0 Å². The second-order valence-corrected chi connectivity index (χ2v) is 23.0. The average molecular weight is 1170 g/mol. The van der Waals surface area contributed by atoms with Crippen molar-refractivity contribution in [2.24, 2.45) is 0 Å². The highest BCUT2D eigenvalue weighted by Crippen LogP contribution is 2.43. The molecule has 0 aliphatic rings. The summed E-state index contributed by atoms with van der Waals surface area (Å²) in [6.45, 7) is 4.40. The van der Waals surface area contributed by atoms with Crippen molar-refractivity contribution in [3.63, 3.8) is 0 Å². The molecule has 3 unspecified atom stereocenters. The molecule has 470 valence electrons. The predicted molar refractivity (Wildman–Crippen MR) is 343 cm³/mol. The second-order valence-electron chi connectivity index (χ2n) is 21.5. The van der Waals surface area contributed by atoms with Gasteiger partial charge in [0.25, 0.3) is 0 Å². The van der Waals surface area contributed by atoms with Crippen LogP contribution in [-0.4, -0.2) is 66.5 Å². The Morgan fingerprint density at radius 2 is 0.634 bits per heavy atom. The minimum atomic E-state index is -4.77. The van der Waals surface area contributed by atoms with Gasteiger partial charge in [-0.25, -0.2) is 4.57 Å². The van der Waals surface area contributed by atoms with Gasteiger partial charge >= 0.3 is 25.7 Å². The molecule has 11 nitrogen and oxygen atoms in total. The first-order chi connectivity index (χ1) is 40.2. The topological polar surface area (TPSA) is 155 Å². The van der Waals surface area contributed by atoms with Crippen molar-refractivity contribution < 1.29 is 52.2 Å². The molecule has 0 rings (SSSR count). The van der Waals surface area contributed by atoms with E-state index >= 15 is 0 Å². The minimum Gasteiger partial charge on any atom is -0.462 e. The van der Waals surface area contributed by atoms with E-state index in [-0.39, 0.29) is 25.9 Å². The summed E-state index contributed by atoms with van der Waals surface area (Å²) in [5.74, 6) is -1.51. The zero-order valence-corrected chi connectivity index (χ0v) is 53.1. The lowest BCUT2D eigenvalue weighted by atomic mass is 10.1. The highest BCUT2D eigenvalue weighted by atomic mass is 31.2. The third-order valence-corrected chi connectivity index (χ3v) is 14.6. The van der Waals surface area contributed by atoms with Gasteiger partial charge in [-0.2, -0.15) is 0 Å². The highest BCUT2D eigenvalue weighted by Gasteiger charge is 2.28. The van der Waals surface area contributed by atoms with Gasteiger partial charge < -0.3 is 24.2 Å². The van der Waals surface area contributed by atoms with Gasteiger partial charge in [-0.05, 0) is 122 Å². The van der Waals surface area contributed by atoms with E-state index in [0.717, 1.165) is 122 Å². The standard InChI is InChI=1S/C70H119O11P/c1-4-7-10-13-16-19-22-25-28-31-33-36-38-41-44-47-50-53-56-59-68(72)77-63-67(81-70(74)61-58-55-52-49-46-43-40-37-34-32-29-26-23-20-17-14-11-8-5-2)65-79-82(75,76)78-64-66(62-71)80-69(73)60-57-54-51-48-45-42-39-35-30-27-24-21-18-15-12-9-6-3/h7,9-10,12,16,18-19,21,25-30,33,36,41,44,66-67,71H,4-6,8,11,13-15,17,20,22-24,31-32,34-35,37-40,42-43,45-65H2,1-3H3,(H,75,76)/b10-7-,12-9-,19-16-,21-18-,28-25-,29-26-,30-27-,36-33-,44-41-. The van der Waals surface area contributed by atoms with Crippen LogP contribution in [0.5, 0.6) is 0 Å². The van der Waals surface area contributed by atoms with Gasteiger partial charge in [-0.3, -0.25) is 23.4 Å². The first-order valence-corrected chi connectivity index (χ1v) is 34.3. The van der Waals surface area contributed by atoms with Crippen molar-refractivity contribution in [2.75, 3.05) is 26.4 Å². The Morgan fingerprint density at radius 3 is 1.00 bits per heavy atom. The van der Waals surface area contributed by atoms with Gasteiger partial charge in [0.15, 0.2) is 6.10 Å². The first-order valence-electron chi connectivity index (χ1n) is 32.8. The maximum atomic E-state index is 13.0. The molecule has 0 bridgehead atoms. The van der Waals surface area contributed by atoms with Crippen molar-refractivity contribution in [3.05, 3.63) is 109 Å². The predicted octanol–water partition coefficient (Wildman–Crippen LogP) is 20.1. The Balaban J connectivity index is 4.76. The monoisotopic (exact) mass is 1170 g/mol. The van der Waals surface area contributed by atoms with Gasteiger partial charge in [-0.15, -0.1) is 0 Å². The van der Waals surface area contributed by atoms with E-state index < -0.39 is 57.8 Å². The number of rotatable bonds is 60. The molecule has 12 heteroatoms. The molecule has 2 N–H and O–H groups in total. The van der Waals surface area contributed by atoms with Crippen molar-refractivity contribution in [1.29, 1.82) is 0 Å². The van der Waals surface area contributed by atoms with E-state index in [1.165, 1.54) is 96.3 Å². The lowest BCUT2D eigenvalue weighted by Crippen LogP contribution is -2.30. The van der Waals surface area contributed by atoms with Crippen LogP contribution in [0.25, 0.3) is 0 Å². The lowest BCUT2D eigenvalue weighted by molar-refractivity contribution is -0.161. The van der Waals surface area contributed by atoms with E-state index in [1.807, 2.05) is 0 Å². The zero-order valence-electron chi connectivity index (χ0n) is 52.2. The van der Waals surface area contributed by atoms with Gasteiger partial charge in [0.1, 0.15) is 12.7 Å². The van der Waals surface area contributed by atoms with Crippen LogP contribution in [0.4, 0.5) is 0 Å². The highest BCUT2D eigenvalue weighted by molar-refractivity contribution is 7.47. The number of aliphatic hydroxyl groups excluding tert-OH is 1. The molecule has 0 saturated heterocycles. The van der Waals surface area contributed by atoms with E-state index in [0.29, 0.717) is 19.3 Å². The van der Waals surface area contributed by atoms with Crippen LogP contribution in [0.15, 0.2) is 109 Å². The molecule has 82 heavy (non-hydrogen) atoms. The molecule has 0 fully saturated rings. The Hall–Kier alpha value is -3.86. The largest absolute Gasteiger partial charge is 0.472 e. The van der Waals surface area contributed by atoms with E-state index in [9.17, 15) is 28.9 Å². The number of aliphatic hydroxyl groups is 1. The SMILES string of the molecule is CC/C=C\C/C=C\C/C=C\C/C=C\C/C=C\CCCCCC(=O)OCC(COP(=O)(O)OCC(CO)OC(=O)CCCCCCCCC/C=C\C/C=C\C/C=C\CC)OC(=O)CCCCCCCCCCC/C=C\CCCCCCCC. The van der Waals surface area contributed by atoms with Gasteiger partial charge in [0.2, 0.25) is 0 Å². The number of esters is 3. The third-order valence-electron chi connectivity index (χ3n) is 13.7. The first kappa shape index (κ1) is 78.1. The third kappa shape index (κ3) is 60.7. The maximum Gasteiger partial charge on any atom is 0.472 e. The molecule has 0 aliphatic carbocycles. The molecule has 0 aromatic rings. The summed E-state index contributed by atoms with van der Waals surface area (Å²) in [5.41, 5.74) is 0. The maximum absolute atomic E-state index is 13.0. The Kier molecular flexibility index (Phi) is 60.2. The number of carbonyl (C=O) groups is 3. The van der Waals surface area contributed by atoms with E-state index in [4.69, 9.17) is 23.3 Å². The number of phosphoric acid groups is 1. The Labute approximate surface area is 501 Å².